The summed E-state index contributed by atoms with van der Waals surface area (Å²) in [6.07, 6.45) is -3.52. The van der Waals surface area contributed by atoms with Crippen molar-refractivity contribution in [3.05, 3.63) is 94.4 Å². The van der Waals surface area contributed by atoms with Gasteiger partial charge in [-0.05, 0) is 54.1 Å². The first-order chi connectivity index (χ1) is 19.6. The molecular formula is C29H22F4N6O2. The minimum atomic E-state index is -4.76. The number of anilines is 2. The fourth-order valence-corrected chi connectivity index (χ4v) is 4.55. The number of nitrogens with one attached hydrogen (secondary N) is 2. The van der Waals surface area contributed by atoms with Gasteiger partial charge in [-0.3, -0.25) is 14.6 Å². The number of rotatable bonds is 6. The van der Waals surface area contributed by atoms with Crippen LogP contribution in [0.1, 0.15) is 32.6 Å². The molecule has 4 aromatic rings. The Labute approximate surface area is 231 Å². The molecule has 8 nitrogen and oxygen atoms in total. The van der Waals surface area contributed by atoms with E-state index in [9.17, 15) is 27.2 Å². The maximum absolute atomic E-state index is 15.0. The number of fused-ring (bicyclic) bond motifs is 1. The van der Waals surface area contributed by atoms with E-state index in [-0.39, 0.29) is 22.4 Å². The number of hydrogen-bond donors (Lipinski definition) is 2. The van der Waals surface area contributed by atoms with Crippen LogP contribution >= 0.6 is 0 Å². The summed E-state index contributed by atoms with van der Waals surface area (Å²) in [5, 5.41) is 14.6. The first-order valence-electron chi connectivity index (χ1n) is 12.6. The summed E-state index contributed by atoms with van der Waals surface area (Å²) in [6.45, 7) is 3.19. The summed E-state index contributed by atoms with van der Waals surface area (Å²) < 4.78 is 54.6. The van der Waals surface area contributed by atoms with Gasteiger partial charge in [0.1, 0.15) is 11.6 Å². The SMILES string of the molecule is N#Cc1ccc(CC(=O)Nc2ccc(C(=O)c3ccc4ncc(N5CCNCC5)nc4c3)c(F)c2)cc1C(F)(F)F. The highest BCUT2D eigenvalue weighted by Crippen LogP contribution is 2.32. The van der Waals surface area contributed by atoms with Crippen molar-refractivity contribution in [2.75, 3.05) is 36.4 Å². The Bertz CT molecular complexity index is 1690. The lowest BCUT2D eigenvalue weighted by molar-refractivity contribution is -0.137. The summed E-state index contributed by atoms with van der Waals surface area (Å²) in [6, 6.07) is 12.7. The fraction of sp³-hybridized carbons (Fsp3) is 0.207. The van der Waals surface area contributed by atoms with Crippen LogP contribution in [0.25, 0.3) is 11.0 Å². The van der Waals surface area contributed by atoms with E-state index >= 15 is 0 Å². The zero-order valence-electron chi connectivity index (χ0n) is 21.4. The molecule has 1 aliphatic rings. The molecule has 2 heterocycles. The molecule has 0 spiro atoms. The zero-order chi connectivity index (χ0) is 29.1. The maximum Gasteiger partial charge on any atom is 0.417 e. The van der Waals surface area contributed by atoms with Crippen molar-refractivity contribution in [2.24, 2.45) is 0 Å². The molecule has 41 heavy (non-hydrogen) atoms. The van der Waals surface area contributed by atoms with E-state index in [1.54, 1.807) is 18.3 Å². The van der Waals surface area contributed by atoms with Gasteiger partial charge in [0.05, 0.1) is 46.4 Å². The number of amides is 1. The van der Waals surface area contributed by atoms with Crippen LogP contribution in [-0.2, 0) is 17.4 Å². The Hall–Kier alpha value is -4.89. The normalized spacial score (nSPS) is 13.6. The molecule has 3 aromatic carbocycles. The lowest BCUT2D eigenvalue weighted by Gasteiger charge is -2.28. The molecule has 0 unspecified atom stereocenters. The molecular weight excluding hydrogens is 540 g/mol. The lowest BCUT2D eigenvalue weighted by Crippen LogP contribution is -2.43. The van der Waals surface area contributed by atoms with Crippen LogP contribution in [-0.4, -0.2) is 47.8 Å². The van der Waals surface area contributed by atoms with Crippen molar-refractivity contribution in [3.63, 3.8) is 0 Å². The molecule has 2 N–H and O–H groups in total. The Morgan fingerprint density at radius 2 is 1.80 bits per heavy atom. The number of aromatic nitrogens is 2. The summed E-state index contributed by atoms with van der Waals surface area (Å²) >= 11 is 0. The Balaban J connectivity index is 1.30. The van der Waals surface area contributed by atoms with E-state index in [0.29, 0.717) is 16.9 Å². The van der Waals surface area contributed by atoms with Crippen molar-refractivity contribution in [1.82, 2.24) is 15.3 Å². The van der Waals surface area contributed by atoms with E-state index in [4.69, 9.17) is 5.26 Å². The van der Waals surface area contributed by atoms with Crippen LogP contribution in [0.3, 0.4) is 0 Å². The van der Waals surface area contributed by atoms with Crippen molar-refractivity contribution in [3.8, 4) is 6.07 Å². The second kappa shape index (κ2) is 11.3. The van der Waals surface area contributed by atoms with Gasteiger partial charge >= 0.3 is 6.18 Å². The maximum atomic E-state index is 15.0. The highest BCUT2D eigenvalue weighted by molar-refractivity contribution is 6.10. The predicted octanol–water partition coefficient (Wildman–Crippen LogP) is 4.48. The standard InChI is InChI=1S/C29H22F4N6O2/c30-23-14-20(37-27(40)12-17-1-2-19(15-34)22(11-17)29(31,32)33)4-5-21(23)28(41)18-3-6-24-25(13-18)38-26(16-36-24)39-9-7-35-8-10-39/h1-6,11,13-14,16,35H,7-10,12H2,(H,37,40). The second-order valence-corrected chi connectivity index (χ2v) is 9.41. The van der Waals surface area contributed by atoms with E-state index in [1.807, 2.05) is 0 Å². The molecule has 0 saturated carbocycles. The molecule has 12 heteroatoms. The first-order valence-corrected chi connectivity index (χ1v) is 12.6. The molecule has 208 valence electrons. The summed E-state index contributed by atoms with van der Waals surface area (Å²) in [7, 11) is 0. The van der Waals surface area contributed by atoms with Crippen LogP contribution in [0.2, 0.25) is 0 Å². The number of carbonyl (C=O) groups is 2. The van der Waals surface area contributed by atoms with Gasteiger partial charge in [0.25, 0.3) is 0 Å². The third kappa shape index (κ3) is 6.15. The molecule has 1 aliphatic heterocycles. The highest BCUT2D eigenvalue weighted by Gasteiger charge is 2.34. The van der Waals surface area contributed by atoms with Gasteiger partial charge < -0.3 is 15.5 Å². The Morgan fingerprint density at radius 3 is 2.51 bits per heavy atom. The van der Waals surface area contributed by atoms with E-state index in [1.165, 1.54) is 30.3 Å². The molecule has 5 rings (SSSR count). The summed E-state index contributed by atoms with van der Waals surface area (Å²) in [5.41, 5.74) is -0.575. The molecule has 1 aromatic heterocycles. The predicted molar refractivity (Wildman–Crippen MR) is 143 cm³/mol. The number of nitrogens with zero attached hydrogens (tertiary/aromatic N) is 4. The average Bonchev–Trinajstić information content (AvgIpc) is 2.96. The lowest BCUT2D eigenvalue weighted by atomic mass is 10.0. The Morgan fingerprint density at radius 1 is 1.02 bits per heavy atom. The van der Waals surface area contributed by atoms with Gasteiger partial charge in [-0.25, -0.2) is 9.37 Å². The van der Waals surface area contributed by atoms with E-state index in [2.05, 4.69) is 25.5 Å². The fourth-order valence-electron chi connectivity index (χ4n) is 4.55. The van der Waals surface area contributed by atoms with Gasteiger partial charge in [0, 0.05) is 37.4 Å². The number of piperazine rings is 1. The van der Waals surface area contributed by atoms with Crippen LogP contribution < -0.4 is 15.5 Å². The van der Waals surface area contributed by atoms with Crippen molar-refractivity contribution >= 4 is 34.2 Å². The van der Waals surface area contributed by atoms with Crippen LogP contribution in [0.4, 0.5) is 29.1 Å². The van der Waals surface area contributed by atoms with Gasteiger partial charge in [0.15, 0.2) is 5.78 Å². The number of alkyl halides is 3. The van der Waals surface area contributed by atoms with Gasteiger partial charge in [-0.2, -0.15) is 18.4 Å². The smallest absolute Gasteiger partial charge is 0.353 e. The van der Waals surface area contributed by atoms with Gasteiger partial charge in [0.2, 0.25) is 5.91 Å². The minimum absolute atomic E-state index is 0.0266. The molecule has 0 aliphatic carbocycles. The van der Waals surface area contributed by atoms with Gasteiger partial charge in [-0.15, -0.1) is 0 Å². The number of benzene rings is 3. The van der Waals surface area contributed by atoms with Crippen LogP contribution in [0, 0.1) is 17.1 Å². The second-order valence-electron chi connectivity index (χ2n) is 9.41. The summed E-state index contributed by atoms with van der Waals surface area (Å²) in [5.74, 6) is -1.49. The molecule has 0 atom stereocenters. The van der Waals surface area contributed by atoms with Crippen molar-refractivity contribution in [2.45, 2.75) is 12.6 Å². The van der Waals surface area contributed by atoms with Gasteiger partial charge in [-0.1, -0.05) is 6.07 Å². The topological polar surface area (TPSA) is 111 Å². The molecule has 1 fully saturated rings. The largest absolute Gasteiger partial charge is 0.417 e. The molecule has 0 bridgehead atoms. The number of halogens is 4. The number of ketones is 1. The van der Waals surface area contributed by atoms with Crippen LogP contribution in [0.5, 0.6) is 0 Å². The average molecular weight is 563 g/mol. The van der Waals surface area contributed by atoms with Crippen molar-refractivity contribution < 1.29 is 27.2 Å². The van der Waals surface area contributed by atoms with E-state index in [0.717, 1.165) is 44.4 Å². The van der Waals surface area contributed by atoms with E-state index < -0.39 is 41.2 Å². The number of nitriles is 1. The summed E-state index contributed by atoms with van der Waals surface area (Å²) in [4.78, 5) is 36.7. The van der Waals surface area contributed by atoms with Crippen LogP contribution in [0.15, 0.2) is 60.8 Å². The molecule has 0 radical (unpaired) electrons. The number of hydrogen-bond acceptors (Lipinski definition) is 7. The van der Waals surface area contributed by atoms with Crippen molar-refractivity contribution in [1.29, 1.82) is 5.26 Å². The molecule has 1 saturated heterocycles. The Kier molecular flexibility index (Phi) is 7.63. The monoisotopic (exact) mass is 562 g/mol. The minimum Gasteiger partial charge on any atom is -0.353 e. The number of carbonyl (C=O) groups excluding carboxylic acids is 2. The molecule has 1 amide bonds. The highest BCUT2D eigenvalue weighted by atomic mass is 19.4. The first kappa shape index (κ1) is 27.7. The third-order valence-corrected chi connectivity index (χ3v) is 6.60. The quantitative estimate of drug-likeness (QED) is 0.263. The zero-order valence-corrected chi connectivity index (χ0v) is 21.4. The third-order valence-electron chi connectivity index (χ3n) is 6.60.